The molecule has 7 nitrogen and oxygen atoms in total. The average molecular weight is 317 g/mol. The van der Waals surface area contributed by atoms with Gasteiger partial charge in [-0.25, -0.2) is 0 Å². The lowest BCUT2D eigenvalue weighted by atomic mass is 10.1. The van der Waals surface area contributed by atoms with Crippen molar-refractivity contribution < 1.29 is 14.0 Å². The maximum absolute atomic E-state index is 12.3. The number of rotatable bonds is 4. The summed E-state index contributed by atoms with van der Waals surface area (Å²) in [6.07, 6.45) is 2.60. The molecule has 1 amide bonds. The van der Waals surface area contributed by atoms with E-state index in [-0.39, 0.29) is 5.91 Å². The molecule has 0 aliphatic carbocycles. The van der Waals surface area contributed by atoms with Crippen molar-refractivity contribution in [2.45, 2.75) is 19.3 Å². The highest BCUT2D eigenvalue weighted by Crippen LogP contribution is 2.13. The quantitative estimate of drug-likeness (QED) is 0.790. The molecule has 0 unspecified atom stereocenters. The molecule has 1 aromatic carbocycles. The number of aryl methyl sites for hydroxylation is 1. The molecule has 0 bridgehead atoms. The van der Waals surface area contributed by atoms with Gasteiger partial charge in [-0.15, -0.1) is 0 Å². The summed E-state index contributed by atoms with van der Waals surface area (Å²) in [6.45, 7) is 2.40. The third-order valence-electron chi connectivity index (χ3n) is 4.05. The van der Waals surface area contributed by atoms with Crippen LogP contribution in [-0.2, 0) is 16.0 Å². The molecule has 0 saturated carbocycles. The highest BCUT2D eigenvalue weighted by atomic mass is 16.5. The maximum Gasteiger partial charge on any atom is 0.285 e. The van der Waals surface area contributed by atoms with Crippen LogP contribution in [0.2, 0.25) is 0 Å². The molecule has 1 aliphatic rings. The van der Waals surface area contributed by atoms with Gasteiger partial charge in [0.25, 0.3) is 5.52 Å². The summed E-state index contributed by atoms with van der Waals surface area (Å²) in [5, 5.41) is 12.3. The standard InChI is InChI=1S/C16H19N3O4/c20-16(17-8-10-23-11-9-17)7-3-4-13-12-18(21)14-5-1-2-6-15(14)19(13)22/h1-2,5-6,12H,3-4,7-11H2. The number of benzene rings is 1. The van der Waals surface area contributed by atoms with E-state index >= 15 is 0 Å². The Kier molecular flexibility index (Phi) is 4.57. The summed E-state index contributed by atoms with van der Waals surface area (Å²) < 4.78 is 6.71. The predicted molar refractivity (Wildman–Crippen MR) is 84.4 cm³/mol. The largest absolute Gasteiger partial charge is 0.805 e. The van der Waals surface area contributed by atoms with E-state index in [0.717, 1.165) is 4.73 Å². The predicted octanol–water partition coefficient (Wildman–Crippen LogP) is 1.08. The second-order valence-electron chi connectivity index (χ2n) is 5.58. The molecule has 122 valence electrons. The highest BCUT2D eigenvalue weighted by Gasteiger charge is 2.17. The molecule has 1 fully saturated rings. The van der Waals surface area contributed by atoms with Crippen LogP contribution in [0.25, 0.3) is 11.0 Å². The van der Waals surface area contributed by atoms with Crippen LogP contribution in [0.3, 0.4) is 0 Å². The molecule has 2 aromatic rings. The molecule has 7 heteroatoms. The Morgan fingerprint density at radius 3 is 2.78 bits per heavy atom. The smallest absolute Gasteiger partial charge is 0.285 e. The number of morpholine rings is 1. The summed E-state index contributed by atoms with van der Waals surface area (Å²) >= 11 is 0. The SMILES string of the molecule is O=C(CCCc1c[n+](=O)c2ccccc2n1[O-])N1CCOCC1. The van der Waals surface area contributed by atoms with Gasteiger partial charge >= 0.3 is 0 Å². The Balaban J connectivity index is 1.66. The number of aromatic nitrogens is 2. The number of amides is 1. The number of nitrogens with zero attached hydrogens (tertiary/aromatic N) is 3. The monoisotopic (exact) mass is 317 g/mol. The van der Waals surface area contributed by atoms with Gasteiger partial charge in [-0.05, 0) is 18.9 Å². The van der Waals surface area contributed by atoms with Gasteiger partial charge in [0, 0.05) is 30.5 Å². The zero-order chi connectivity index (χ0) is 16.2. The van der Waals surface area contributed by atoms with Gasteiger partial charge in [-0.1, -0.05) is 12.1 Å². The number of hydrogen-bond donors (Lipinski definition) is 0. The van der Waals surface area contributed by atoms with Crippen LogP contribution in [0.15, 0.2) is 30.5 Å². The Bertz CT molecular complexity index is 765. The van der Waals surface area contributed by atoms with Crippen molar-refractivity contribution >= 4 is 16.9 Å². The van der Waals surface area contributed by atoms with Crippen LogP contribution >= 0.6 is 0 Å². The van der Waals surface area contributed by atoms with Crippen LogP contribution in [0.1, 0.15) is 18.5 Å². The lowest BCUT2D eigenvalue weighted by Gasteiger charge is -2.27. The number of para-hydroxylation sites is 2. The summed E-state index contributed by atoms with van der Waals surface area (Å²) in [4.78, 5) is 25.8. The van der Waals surface area contributed by atoms with Crippen LogP contribution in [0.5, 0.6) is 0 Å². The van der Waals surface area contributed by atoms with Crippen molar-refractivity contribution in [1.29, 1.82) is 0 Å². The van der Waals surface area contributed by atoms with Crippen LogP contribution in [-0.4, -0.2) is 41.8 Å². The molecule has 3 rings (SSSR count). The van der Waals surface area contributed by atoms with Crippen molar-refractivity contribution in [1.82, 2.24) is 9.63 Å². The molecule has 0 N–H and O–H groups in total. The lowest BCUT2D eigenvalue weighted by molar-refractivity contribution is -0.465. The van der Waals surface area contributed by atoms with E-state index in [1.807, 2.05) is 0 Å². The van der Waals surface area contributed by atoms with E-state index in [1.165, 1.54) is 6.20 Å². The van der Waals surface area contributed by atoms with Crippen LogP contribution in [0, 0.1) is 10.1 Å². The molecular weight excluding hydrogens is 298 g/mol. The summed E-state index contributed by atoms with van der Waals surface area (Å²) in [5.74, 6) is 0.0709. The molecular formula is C16H19N3O4. The fraction of sp³-hybridized carbons (Fsp3) is 0.438. The molecule has 1 aliphatic heterocycles. The molecule has 0 atom stereocenters. The maximum atomic E-state index is 12.3. The first-order chi connectivity index (χ1) is 11.2. The first-order valence-corrected chi connectivity index (χ1v) is 7.75. The van der Waals surface area contributed by atoms with Gasteiger partial charge in [-0.2, -0.15) is 0 Å². The summed E-state index contributed by atoms with van der Waals surface area (Å²) in [6, 6.07) is 6.68. The lowest BCUT2D eigenvalue weighted by Crippen LogP contribution is -2.40. The van der Waals surface area contributed by atoms with Gasteiger partial charge in [0.05, 0.1) is 23.3 Å². The van der Waals surface area contributed by atoms with E-state index in [2.05, 4.69) is 0 Å². The third-order valence-corrected chi connectivity index (χ3v) is 4.05. The first-order valence-electron chi connectivity index (χ1n) is 7.75. The highest BCUT2D eigenvalue weighted by molar-refractivity contribution is 5.76. The Hall–Kier alpha value is -2.41. The zero-order valence-electron chi connectivity index (χ0n) is 12.8. The van der Waals surface area contributed by atoms with Gasteiger partial charge in [0.15, 0.2) is 0 Å². The second kappa shape index (κ2) is 6.78. The van der Waals surface area contributed by atoms with Crippen molar-refractivity contribution in [3.8, 4) is 0 Å². The van der Waals surface area contributed by atoms with Crippen molar-refractivity contribution in [3.05, 3.63) is 46.3 Å². The van der Waals surface area contributed by atoms with Crippen molar-refractivity contribution in [3.63, 3.8) is 0 Å². The summed E-state index contributed by atoms with van der Waals surface area (Å²) in [5.41, 5.74) is 1.07. The van der Waals surface area contributed by atoms with E-state index in [4.69, 9.17) is 4.74 Å². The summed E-state index contributed by atoms with van der Waals surface area (Å²) in [7, 11) is 0. The molecule has 0 spiro atoms. The third kappa shape index (κ3) is 3.34. The number of hydrogen-bond acceptors (Lipinski definition) is 4. The van der Waals surface area contributed by atoms with E-state index in [9.17, 15) is 14.9 Å². The average Bonchev–Trinajstić information content (AvgIpc) is 2.60. The number of ether oxygens (including phenoxy) is 1. The minimum atomic E-state index is 0.0709. The van der Waals surface area contributed by atoms with E-state index in [0.29, 0.717) is 66.7 Å². The minimum absolute atomic E-state index is 0.0709. The molecule has 1 saturated heterocycles. The van der Waals surface area contributed by atoms with Crippen LogP contribution < -0.4 is 4.43 Å². The fourth-order valence-electron chi connectivity index (χ4n) is 2.79. The van der Waals surface area contributed by atoms with Gasteiger partial charge < -0.3 is 19.6 Å². The molecule has 2 heterocycles. The Morgan fingerprint density at radius 2 is 2.00 bits per heavy atom. The number of carbonyl (C=O) groups excluding carboxylic acids is 1. The fourth-order valence-corrected chi connectivity index (χ4v) is 2.79. The Labute approximate surface area is 133 Å². The first kappa shape index (κ1) is 15.5. The van der Waals surface area contributed by atoms with Crippen molar-refractivity contribution in [2.75, 3.05) is 26.3 Å². The van der Waals surface area contributed by atoms with Gasteiger partial charge in [0.2, 0.25) is 12.1 Å². The molecule has 0 radical (unpaired) electrons. The molecule has 1 aromatic heterocycles. The number of carbonyl (C=O) groups is 1. The zero-order valence-corrected chi connectivity index (χ0v) is 12.8. The van der Waals surface area contributed by atoms with E-state index < -0.39 is 0 Å². The van der Waals surface area contributed by atoms with Gasteiger partial charge in [0.1, 0.15) is 5.52 Å². The molecule has 23 heavy (non-hydrogen) atoms. The van der Waals surface area contributed by atoms with Gasteiger partial charge in [-0.3, -0.25) is 4.79 Å². The second-order valence-corrected chi connectivity index (χ2v) is 5.58. The van der Waals surface area contributed by atoms with Crippen LogP contribution in [0.4, 0.5) is 0 Å². The normalized spacial score (nSPS) is 15.0. The topological polar surface area (TPSA) is 80.5 Å². The van der Waals surface area contributed by atoms with Crippen molar-refractivity contribution in [2.24, 2.45) is 0 Å². The Morgan fingerprint density at radius 1 is 1.26 bits per heavy atom. The van der Waals surface area contributed by atoms with E-state index in [1.54, 1.807) is 29.2 Å². The minimum Gasteiger partial charge on any atom is -0.805 e. The number of fused-ring (bicyclic) bond motifs is 1.